The first-order chi connectivity index (χ1) is 13.2. The lowest BCUT2D eigenvalue weighted by molar-refractivity contribution is -0.137. The third-order valence-electron chi connectivity index (χ3n) is 5.71. The third kappa shape index (κ3) is 4.41. The van der Waals surface area contributed by atoms with E-state index in [-0.39, 0.29) is 0 Å². The molecule has 1 saturated carbocycles. The number of piperazine rings is 1. The van der Waals surface area contributed by atoms with Crippen LogP contribution in [0.5, 0.6) is 0 Å². The molecule has 1 N–H and O–H groups in total. The first-order valence-corrected chi connectivity index (χ1v) is 10.7. The van der Waals surface area contributed by atoms with Gasteiger partial charge in [0.15, 0.2) is 0 Å². The van der Waals surface area contributed by atoms with Crippen molar-refractivity contribution in [2.24, 2.45) is 5.92 Å². The highest BCUT2D eigenvalue weighted by atomic mass is 79.9. The van der Waals surface area contributed by atoms with Crippen molar-refractivity contribution >= 4 is 38.6 Å². The summed E-state index contributed by atoms with van der Waals surface area (Å²) in [6, 6.07) is 6.03. The number of carbonyl (C=O) groups is 1. The number of hydrogen-bond donors (Lipinski definition) is 1. The first-order valence-electron chi connectivity index (χ1n) is 9.86. The lowest BCUT2D eigenvalue weighted by Gasteiger charge is -2.36. The fraction of sp³-hybridized carbons (Fsp3) is 0.550. The van der Waals surface area contributed by atoms with Crippen LogP contribution < -0.4 is 5.32 Å². The molecular weight excluding hydrogens is 406 g/mol. The zero-order valence-electron chi connectivity index (χ0n) is 15.5. The molecule has 1 amide bonds. The molecule has 6 nitrogen and oxygen atoms in total. The minimum atomic E-state index is 0.295. The molecule has 2 heterocycles. The largest absolute Gasteiger partial charge is 0.368 e. The topological polar surface area (TPSA) is 61.4 Å². The number of fused-ring (bicyclic) bond motifs is 1. The number of benzene rings is 1. The van der Waals surface area contributed by atoms with Gasteiger partial charge in [-0.1, -0.05) is 28.8 Å². The van der Waals surface area contributed by atoms with Crippen molar-refractivity contribution in [3.05, 3.63) is 29.0 Å². The van der Waals surface area contributed by atoms with E-state index in [1.165, 1.54) is 12.8 Å². The van der Waals surface area contributed by atoms with Gasteiger partial charge in [0.1, 0.15) is 12.1 Å². The molecule has 27 heavy (non-hydrogen) atoms. The number of hydrogen-bond acceptors (Lipinski definition) is 5. The average Bonchev–Trinajstić information content (AvgIpc) is 3.23. The van der Waals surface area contributed by atoms with Crippen molar-refractivity contribution < 1.29 is 4.79 Å². The van der Waals surface area contributed by atoms with Gasteiger partial charge in [0, 0.05) is 55.0 Å². The van der Waals surface area contributed by atoms with Crippen LogP contribution in [0.2, 0.25) is 0 Å². The molecule has 7 heteroatoms. The number of nitrogens with zero attached hydrogens (tertiary/aromatic N) is 4. The number of amides is 1. The molecule has 0 atom stereocenters. The summed E-state index contributed by atoms with van der Waals surface area (Å²) in [6.45, 7) is 5.41. The Bertz CT molecular complexity index is 800. The maximum absolute atomic E-state index is 12.5. The summed E-state index contributed by atoms with van der Waals surface area (Å²) in [7, 11) is 0. The fourth-order valence-electron chi connectivity index (χ4n) is 4.12. The predicted octanol–water partition coefficient (Wildman–Crippen LogP) is 3.14. The minimum Gasteiger partial charge on any atom is -0.368 e. The summed E-state index contributed by atoms with van der Waals surface area (Å²) in [5.74, 6) is 1.56. The van der Waals surface area contributed by atoms with Crippen LogP contribution in [0.4, 0.5) is 5.82 Å². The average molecular weight is 432 g/mol. The van der Waals surface area contributed by atoms with Crippen LogP contribution in [-0.2, 0) is 4.79 Å². The zero-order chi connectivity index (χ0) is 18.6. The summed E-state index contributed by atoms with van der Waals surface area (Å²) in [6.07, 6.45) is 6.22. The van der Waals surface area contributed by atoms with E-state index in [0.717, 1.165) is 73.3 Å². The Morgan fingerprint density at radius 2 is 1.93 bits per heavy atom. The maximum Gasteiger partial charge on any atom is 0.225 e. The maximum atomic E-state index is 12.5. The minimum absolute atomic E-state index is 0.295. The Kier molecular flexibility index (Phi) is 5.88. The summed E-state index contributed by atoms with van der Waals surface area (Å²) in [5.41, 5.74) is 0.940. The smallest absolute Gasteiger partial charge is 0.225 e. The molecule has 1 aliphatic carbocycles. The molecule has 144 valence electrons. The molecule has 1 aromatic heterocycles. The van der Waals surface area contributed by atoms with Crippen LogP contribution in [0, 0.1) is 5.92 Å². The number of aromatic nitrogens is 2. The summed E-state index contributed by atoms with van der Waals surface area (Å²) < 4.78 is 1.02. The van der Waals surface area contributed by atoms with E-state index in [9.17, 15) is 4.79 Å². The Labute approximate surface area is 168 Å². The molecular formula is C20H26BrN5O. The van der Waals surface area contributed by atoms with E-state index >= 15 is 0 Å². The molecule has 0 spiro atoms. The molecule has 1 saturated heterocycles. The van der Waals surface area contributed by atoms with Crippen LogP contribution in [0.1, 0.15) is 25.7 Å². The lowest BCUT2D eigenvalue weighted by Crippen LogP contribution is -2.50. The van der Waals surface area contributed by atoms with Crippen molar-refractivity contribution in [3.63, 3.8) is 0 Å². The van der Waals surface area contributed by atoms with Crippen molar-refractivity contribution in [1.82, 2.24) is 19.8 Å². The molecule has 2 aliphatic rings. The summed E-state index contributed by atoms with van der Waals surface area (Å²) >= 11 is 3.52. The highest BCUT2D eigenvalue weighted by Crippen LogP contribution is 2.27. The Hall–Kier alpha value is -1.73. The van der Waals surface area contributed by atoms with Crippen molar-refractivity contribution in [3.8, 4) is 0 Å². The van der Waals surface area contributed by atoms with E-state index in [0.29, 0.717) is 11.8 Å². The van der Waals surface area contributed by atoms with Gasteiger partial charge in [-0.05, 0) is 31.0 Å². The number of halogens is 1. The quantitative estimate of drug-likeness (QED) is 0.787. The SMILES string of the molecule is O=C(C1CCCC1)N1CCN(CCNc2ncnc3ccc(Br)cc23)CC1. The zero-order valence-corrected chi connectivity index (χ0v) is 17.1. The lowest BCUT2D eigenvalue weighted by atomic mass is 10.1. The van der Waals surface area contributed by atoms with Crippen LogP contribution in [0.25, 0.3) is 10.9 Å². The van der Waals surface area contributed by atoms with Crippen LogP contribution in [0.15, 0.2) is 29.0 Å². The molecule has 2 aromatic rings. The van der Waals surface area contributed by atoms with Gasteiger partial charge in [-0.3, -0.25) is 9.69 Å². The molecule has 2 fully saturated rings. The van der Waals surface area contributed by atoms with E-state index in [4.69, 9.17) is 0 Å². The van der Waals surface area contributed by atoms with Crippen molar-refractivity contribution in [2.75, 3.05) is 44.6 Å². The van der Waals surface area contributed by atoms with Crippen LogP contribution in [0.3, 0.4) is 0 Å². The van der Waals surface area contributed by atoms with Crippen molar-refractivity contribution in [2.45, 2.75) is 25.7 Å². The van der Waals surface area contributed by atoms with Crippen LogP contribution in [-0.4, -0.2) is 64.9 Å². The van der Waals surface area contributed by atoms with E-state index < -0.39 is 0 Å². The van der Waals surface area contributed by atoms with Gasteiger partial charge < -0.3 is 10.2 Å². The molecule has 0 unspecified atom stereocenters. The predicted molar refractivity (Wildman–Crippen MR) is 111 cm³/mol. The highest BCUT2D eigenvalue weighted by molar-refractivity contribution is 9.10. The second-order valence-corrected chi connectivity index (χ2v) is 8.37. The van der Waals surface area contributed by atoms with Gasteiger partial charge in [-0.25, -0.2) is 9.97 Å². The number of rotatable bonds is 5. The van der Waals surface area contributed by atoms with Gasteiger partial charge in [0.05, 0.1) is 5.52 Å². The van der Waals surface area contributed by atoms with E-state index in [2.05, 4.69) is 41.0 Å². The second-order valence-electron chi connectivity index (χ2n) is 7.46. The molecule has 0 radical (unpaired) electrons. The molecule has 4 rings (SSSR count). The van der Waals surface area contributed by atoms with Gasteiger partial charge >= 0.3 is 0 Å². The van der Waals surface area contributed by atoms with E-state index in [1.54, 1.807) is 6.33 Å². The van der Waals surface area contributed by atoms with Gasteiger partial charge in [-0.2, -0.15) is 0 Å². The third-order valence-corrected chi connectivity index (χ3v) is 6.20. The second kappa shape index (κ2) is 8.52. The van der Waals surface area contributed by atoms with E-state index in [1.807, 2.05) is 18.2 Å². The number of anilines is 1. The van der Waals surface area contributed by atoms with Gasteiger partial charge in [-0.15, -0.1) is 0 Å². The standard InChI is InChI=1S/C20H26BrN5O/c21-16-5-6-18-17(13-16)19(24-14-23-18)22-7-8-25-9-11-26(12-10-25)20(27)15-3-1-2-4-15/h5-6,13-15H,1-4,7-12H2,(H,22,23,24). The Balaban J connectivity index is 1.26. The molecule has 0 bridgehead atoms. The summed E-state index contributed by atoms with van der Waals surface area (Å²) in [5, 5.41) is 4.47. The van der Waals surface area contributed by atoms with Gasteiger partial charge in [0.2, 0.25) is 5.91 Å². The molecule has 1 aromatic carbocycles. The highest BCUT2D eigenvalue weighted by Gasteiger charge is 2.29. The molecule has 1 aliphatic heterocycles. The normalized spacial score (nSPS) is 18.9. The fourth-order valence-corrected chi connectivity index (χ4v) is 4.49. The Morgan fingerprint density at radius 3 is 2.70 bits per heavy atom. The monoisotopic (exact) mass is 431 g/mol. The van der Waals surface area contributed by atoms with Gasteiger partial charge in [0.25, 0.3) is 0 Å². The van der Waals surface area contributed by atoms with Crippen molar-refractivity contribution in [1.29, 1.82) is 0 Å². The Morgan fingerprint density at radius 1 is 1.15 bits per heavy atom. The summed E-state index contributed by atoms with van der Waals surface area (Å²) in [4.78, 5) is 25.7. The number of nitrogens with one attached hydrogen (secondary N) is 1. The van der Waals surface area contributed by atoms with Crippen LogP contribution >= 0.6 is 15.9 Å². The number of carbonyl (C=O) groups excluding carboxylic acids is 1. The first kappa shape index (κ1) is 18.6.